The molecule has 0 unspecified atom stereocenters. The third kappa shape index (κ3) is 5.51. The van der Waals surface area contributed by atoms with Gasteiger partial charge in [0.2, 0.25) is 0 Å². The monoisotopic (exact) mass is 485 g/mol. The third-order valence-electron chi connectivity index (χ3n) is 4.25. The van der Waals surface area contributed by atoms with Crippen LogP contribution in [-0.2, 0) is 17.5 Å². The lowest BCUT2D eigenvalue weighted by molar-refractivity contribution is -0.139. The summed E-state index contributed by atoms with van der Waals surface area (Å²) < 4.78 is 43.1. The molecule has 3 rings (SSSR count). The van der Waals surface area contributed by atoms with Crippen LogP contribution in [0.5, 0.6) is 5.75 Å². The van der Waals surface area contributed by atoms with E-state index in [0.29, 0.717) is 21.7 Å². The number of thiophene rings is 1. The summed E-state index contributed by atoms with van der Waals surface area (Å²) in [6.07, 6.45) is -4.40. The van der Waals surface area contributed by atoms with Gasteiger partial charge in [-0.2, -0.15) is 13.2 Å². The number of alkyl halides is 3. The lowest BCUT2D eigenvalue weighted by atomic mass is 10.1. The summed E-state index contributed by atoms with van der Waals surface area (Å²) in [4.78, 5) is 22.4. The zero-order chi connectivity index (χ0) is 23.5. The maximum Gasteiger partial charge on any atom is 0.416 e. The molecule has 1 aromatic heterocycles. The maximum absolute atomic E-state index is 12.7. The van der Waals surface area contributed by atoms with Gasteiger partial charge < -0.3 is 20.3 Å². The van der Waals surface area contributed by atoms with Crippen LogP contribution in [0.1, 0.15) is 20.8 Å². The van der Waals surface area contributed by atoms with Crippen LogP contribution >= 0.6 is 22.9 Å². The average Bonchev–Trinajstić information content (AvgIpc) is 3.07. The summed E-state index contributed by atoms with van der Waals surface area (Å²) in [5.74, 6) is -2.80. The number of hydrogen-bond donors (Lipinski definition) is 3. The number of hydrogen-bond acceptors (Lipinski definition) is 5. The lowest BCUT2D eigenvalue weighted by Gasteiger charge is -2.10. The second-order valence-electron chi connectivity index (χ2n) is 6.52. The second-order valence-corrected chi connectivity index (χ2v) is 7.92. The number of anilines is 1. The van der Waals surface area contributed by atoms with Gasteiger partial charge in [-0.3, -0.25) is 0 Å². The topological polar surface area (TPSA) is 95.9 Å². The van der Waals surface area contributed by atoms with Crippen LogP contribution in [-0.4, -0.2) is 28.8 Å². The third-order valence-corrected chi connectivity index (χ3v) is 5.93. The van der Waals surface area contributed by atoms with Gasteiger partial charge in [0.05, 0.1) is 10.4 Å². The molecule has 6 nitrogen and oxygen atoms in total. The highest BCUT2D eigenvalue weighted by molar-refractivity contribution is 7.18. The Bertz CT molecular complexity index is 1150. The Hall–Kier alpha value is -3.24. The molecule has 1 heterocycles. The average molecular weight is 486 g/mol. The molecule has 0 amide bonds. The minimum absolute atomic E-state index is 0.0199. The number of carboxylic acid groups (broad SMARTS) is 2. The number of ether oxygens (including phenoxy) is 1. The predicted octanol–water partition coefficient (Wildman–Crippen LogP) is 5.86. The van der Waals surface area contributed by atoms with Crippen molar-refractivity contribution in [2.45, 2.75) is 12.7 Å². The molecule has 0 saturated heterocycles. The molecule has 0 radical (unpaired) electrons. The first-order valence-corrected chi connectivity index (χ1v) is 10.2. The van der Waals surface area contributed by atoms with E-state index >= 15 is 0 Å². The molecule has 3 N–H and O–H groups in total. The van der Waals surface area contributed by atoms with Gasteiger partial charge in [-0.1, -0.05) is 35.9 Å². The molecule has 0 fully saturated rings. The van der Waals surface area contributed by atoms with Crippen LogP contribution in [0.15, 0.2) is 48.5 Å². The Balaban J connectivity index is 1.81. The molecule has 168 valence electrons. The van der Waals surface area contributed by atoms with E-state index < -0.39 is 30.3 Å². The number of aromatic carboxylic acids is 1. The number of aliphatic carboxylic acids is 1. The molecule has 0 aliphatic rings. The summed E-state index contributed by atoms with van der Waals surface area (Å²) in [7, 11) is 0. The summed E-state index contributed by atoms with van der Waals surface area (Å²) in [6, 6.07) is 11.6. The highest BCUT2D eigenvalue weighted by Crippen LogP contribution is 2.45. The number of carboxylic acids is 2. The van der Waals surface area contributed by atoms with Gasteiger partial charge in [0.25, 0.3) is 0 Å². The molecular weight excluding hydrogens is 471 g/mol. The summed E-state index contributed by atoms with van der Waals surface area (Å²) in [6.45, 7) is -0.488. The standard InChI is InChI=1S/C21H15ClF3NO5S/c22-16-17(31-10-15(27)28)19(20(29)30)32-18(16)12-2-1-3-14(8-12)26-9-11-4-6-13(7-5-11)21(23,24)25/h1-8,26H,9-10H2,(H,27,28)(H,29,30). The first-order chi connectivity index (χ1) is 15.1. The molecule has 3 aromatic rings. The number of nitrogens with one attached hydrogen (secondary N) is 1. The Kier molecular flexibility index (Phi) is 6.95. The van der Waals surface area contributed by atoms with Crippen molar-refractivity contribution in [2.75, 3.05) is 11.9 Å². The quantitative estimate of drug-likeness (QED) is 0.370. The predicted molar refractivity (Wildman–Crippen MR) is 114 cm³/mol. The van der Waals surface area contributed by atoms with Crippen molar-refractivity contribution in [3.05, 3.63) is 69.6 Å². The van der Waals surface area contributed by atoms with Crippen molar-refractivity contribution in [3.63, 3.8) is 0 Å². The van der Waals surface area contributed by atoms with Gasteiger partial charge in [-0.25, -0.2) is 9.59 Å². The zero-order valence-corrected chi connectivity index (χ0v) is 17.6. The Labute approximate surface area is 188 Å². The first kappa shape index (κ1) is 23.4. The van der Waals surface area contributed by atoms with E-state index in [1.54, 1.807) is 24.3 Å². The molecule has 11 heteroatoms. The molecule has 0 saturated carbocycles. The van der Waals surface area contributed by atoms with Gasteiger partial charge in [0, 0.05) is 12.2 Å². The Morgan fingerprint density at radius 1 is 1.09 bits per heavy atom. The molecule has 0 spiro atoms. The van der Waals surface area contributed by atoms with Crippen LogP contribution in [0.3, 0.4) is 0 Å². The molecule has 2 aromatic carbocycles. The summed E-state index contributed by atoms with van der Waals surface area (Å²) in [5, 5.41) is 21.2. The van der Waals surface area contributed by atoms with Crippen molar-refractivity contribution >= 4 is 40.6 Å². The zero-order valence-electron chi connectivity index (χ0n) is 16.1. The highest BCUT2D eigenvalue weighted by Gasteiger charge is 2.30. The number of benzene rings is 2. The van der Waals surface area contributed by atoms with Crippen molar-refractivity contribution in [2.24, 2.45) is 0 Å². The van der Waals surface area contributed by atoms with Crippen molar-refractivity contribution in [1.82, 2.24) is 0 Å². The van der Waals surface area contributed by atoms with E-state index in [0.717, 1.165) is 23.5 Å². The van der Waals surface area contributed by atoms with Crippen LogP contribution in [0.25, 0.3) is 10.4 Å². The number of rotatable bonds is 8. The summed E-state index contributed by atoms with van der Waals surface area (Å²) >= 11 is 7.13. The van der Waals surface area contributed by atoms with E-state index in [-0.39, 0.29) is 22.2 Å². The minimum Gasteiger partial charge on any atom is -0.479 e. The molecule has 0 atom stereocenters. The van der Waals surface area contributed by atoms with E-state index in [9.17, 15) is 27.9 Å². The molecule has 0 bridgehead atoms. The fourth-order valence-corrected chi connectivity index (χ4v) is 4.17. The fraction of sp³-hybridized carbons (Fsp3) is 0.143. The molecular formula is C21H15ClF3NO5S. The molecule has 0 aliphatic heterocycles. The van der Waals surface area contributed by atoms with Crippen molar-refractivity contribution in [3.8, 4) is 16.2 Å². The highest BCUT2D eigenvalue weighted by atomic mass is 35.5. The van der Waals surface area contributed by atoms with Gasteiger partial charge in [-0.05, 0) is 35.4 Å². The maximum atomic E-state index is 12.7. The van der Waals surface area contributed by atoms with Gasteiger partial charge in [-0.15, -0.1) is 11.3 Å². The van der Waals surface area contributed by atoms with E-state index in [4.69, 9.17) is 21.4 Å². The largest absolute Gasteiger partial charge is 0.479 e. The van der Waals surface area contributed by atoms with Crippen LogP contribution in [0, 0.1) is 0 Å². The van der Waals surface area contributed by atoms with Crippen LogP contribution in [0.4, 0.5) is 18.9 Å². The minimum atomic E-state index is -4.40. The van der Waals surface area contributed by atoms with E-state index in [1.807, 2.05) is 0 Å². The number of carbonyl (C=O) groups is 2. The normalized spacial score (nSPS) is 11.2. The first-order valence-electron chi connectivity index (χ1n) is 8.97. The molecule has 0 aliphatic carbocycles. The van der Waals surface area contributed by atoms with Gasteiger partial charge >= 0.3 is 18.1 Å². The van der Waals surface area contributed by atoms with E-state index in [1.165, 1.54) is 12.1 Å². The van der Waals surface area contributed by atoms with Crippen LogP contribution < -0.4 is 10.1 Å². The van der Waals surface area contributed by atoms with Gasteiger partial charge in [0.15, 0.2) is 17.2 Å². The summed E-state index contributed by atoms with van der Waals surface area (Å²) in [5.41, 5.74) is 1.09. The Morgan fingerprint density at radius 3 is 2.38 bits per heavy atom. The second kappa shape index (κ2) is 9.49. The lowest BCUT2D eigenvalue weighted by Crippen LogP contribution is -2.10. The van der Waals surface area contributed by atoms with Crippen LogP contribution in [0.2, 0.25) is 5.02 Å². The van der Waals surface area contributed by atoms with Gasteiger partial charge in [0.1, 0.15) is 5.02 Å². The Morgan fingerprint density at radius 2 is 1.78 bits per heavy atom. The molecule has 32 heavy (non-hydrogen) atoms. The van der Waals surface area contributed by atoms with Crippen molar-refractivity contribution in [1.29, 1.82) is 0 Å². The van der Waals surface area contributed by atoms with E-state index in [2.05, 4.69) is 5.32 Å². The SMILES string of the molecule is O=C(O)COc1c(C(=O)O)sc(-c2cccc(NCc3ccc(C(F)(F)F)cc3)c2)c1Cl. The fourth-order valence-electron chi connectivity index (χ4n) is 2.77. The smallest absolute Gasteiger partial charge is 0.416 e. The van der Waals surface area contributed by atoms with Crippen molar-refractivity contribution < 1.29 is 37.7 Å². The number of halogens is 4.